The summed E-state index contributed by atoms with van der Waals surface area (Å²) >= 11 is 0. The highest BCUT2D eigenvalue weighted by atomic mass is 19.4. The molecule has 1 amide bonds. The molecule has 128 valence electrons. The first-order valence-electron chi connectivity index (χ1n) is 7.44. The van der Waals surface area contributed by atoms with Crippen molar-refractivity contribution in [3.63, 3.8) is 0 Å². The van der Waals surface area contributed by atoms with Gasteiger partial charge in [-0.25, -0.2) is 0 Å². The van der Waals surface area contributed by atoms with Gasteiger partial charge in [-0.05, 0) is 12.0 Å². The number of carbonyl (C=O) groups excluding carboxylic acids is 1. The molecule has 1 aliphatic heterocycles. The molecule has 0 unspecified atom stereocenters. The third-order valence-corrected chi connectivity index (χ3v) is 4.43. The van der Waals surface area contributed by atoms with Crippen LogP contribution < -0.4 is 0 Å². The molecule has 1 fully saturated rings. The summed E-state index contributed by atoms with van der Waals surface area (Å²) in [7, 11) is 0. The van der Waals surface area contributed by atoms with Gasteiger partial charge in [0.25, 0.3) is 5.91 Å². The highest BCUT2D eigenvalue weighted by Crippen LogP contribution is 2.35. The van der Waals surface area contributed by atoms with Crippen LogP contribution in [0.2, 0.25) is 0 Å². The summed E-state index contributed by atoms with van der Waals surface area (Å²) < 4.78 is 37.8. The lowest BCUT2D eigenvalue weighted by Crippen LogP contribution is -2.37. The van der Waals surface area contributed by atoms with Crippen molar-refractivity contribution in [2.75, 3.05) is 19.7 Å². The Bertz CT molecular complexity index is 730. The molecule has 1 saturated heterocycles. The third kappa shape index (κ3) is 2.89. The molecule has 1 aromatic carbocycles. The van der Waals surface area contributed by atoms with E-state index in [2.05, 4.69) is 5.10 Å². The minimum atomic E-state index is -4.57. The quantitative estimate of drug-likeness (QED) is 0.901. The summed E-state index contributed by atoms with van der Waals surface area (Å²) in [5.41, 5.74) is -1.02. The zero-order valence-corrected chi connectivity index (χ0v) is 12.7. The minimum Gasteiger partial charge on any atom is -0.395 e. The van der Waals surface area contributed by atoms with Crippen molar-refractivity contribution in [3.05, 3.63) is 53.3 Å². The number of H-pyrrole nitrogens is 1. The Hall–Kier alpha value is -2.35. The maximum Gasteiger partial charge on any atom is 0.432 e. The average Bonchev–Trinajstić information content (AvgIpc) is 3.23. The van der Waals surface area contributed by atoms with Crippen molar-refractivity contribution in [1.29, 1.82) is 0 Å². The zero-order chi connectivity index (χ0) is 17.4. The molecule has 2 N–H and O–H groups in total. The fourth-order valence-electron chi connectivity index (χ4n) is 3.03. The summed E-state index contributed by atoms with van der Waals surface area (Å²) in [6.45, 7) is 0.443. The molecular weight excluding hydrogens is 323 g/mol. The number of aliphatic hydroxyl groups excluding tert-OH is 1. The first-order valence-corrected chi connectivity index (χ1v) is 7.44. The average molecular weight is 339 g/mol. The van der Waals surface area contributed by atoms with E-state index in [1.165, 1.54) is 4.90 Å². The number of alkyl halides is 3. The molecule has 1 atom stereocenters. The first kappa shape index (κ1) is 16.5. The minimum absolute atomic E-state index is 0.144. The van der Waals surface area contributed by atoms with Gasteiger partial charge < -0.3 is 10.0 Å². The highest BCUT2D eigenvalue weighted by molar-refractivity contribution is 5.92. The Morgan fingerprint density at radius 3 is 2.62 bits per heavy atom. The van der Waals surface area contributed by atoms with Gasteiger partial charge in [-0.3, -0.25) is 9.89 Å². The smallest absolute Gasteiger partial charge is 0.395 e. The molecule has 2 aromatic rings. The second kappa shape index (κ2) is 5.94. The second-order valence-corrected chi connectivity index (χ2v) is 5.95. The predicted molar refractivity (Wildman–Crippen MR) is 79.3 cm³/mol. The molecule has 0 saturated carbocycles. The van der Waals surface area contributed by atoms with E-state index in [1.807, 2.05) is 35.4 Å². The van der Waals surface area contributed by atoms with Crippen LogP contribution >= 0.6 is 0 Å². The molecule has 1 aliphatic rings. The molecule has 8 heteroatoms. The van der Waals surface area contributed by atoms with Crippen LogP contribution in [-0.4, -0.2) is 45.8 Å². The largest absolute Gasteiger partial charge is 0.432 e. The van der Waals surface area contributed by atoms with E-state index in [0.717, 1.165) is 5.56 Å². The molecule has 0 radical (unpaired) electrons. The van der Waals surface area contributed by atoms with Gasteiger partial charge in [0.1, 0.15) is 5.69 Å². The molecule has 0 aliphatic carbocycles. The van der Waals surface area contributed by atoms with Gasteiger partial charge in [0.05, 0.1) is 6.61 Å². The van der Waals surface area contributed by atoms with Crippen molar-refractivity contribution in [2.24, 2.45) is 0 Å². The fourth-order valence-corrected chi connectivity index (χ4v) is 3.03. The van der Waals surface area contributed by atoms with Gasteiger partial charge >= 0.3 is 6.18 Å². The van der Waals surface area contributed by atoms with Crippen LogP contribution in [0.5, 0.6) is 0 Å². The number of halogens is 3. The molecule has 5 nitrogen and oxygen atoms in total. The van der Waals surface area contributed by atoms with E-state index in [4.69, 9.17) is 0 Å². The van der Waals surface area contributed by atoms with Gasteiger partial charge in [0.2, 0.25) is 0 Å². The van der Waals surface area contributed by atoms with Crippen LogP contribution in [0, 0.1) is 0 Å². The second-order valence-electron chi connectivity index (χ2n) is 5.95. The molecular formula is C16H16F3N3O2. The summed E-state index contributed by atoms with van der Waals surface area (Å²) in [6, 6.07) is 10.0. The lowest BCUT2D eigenvalue weighted by Gasteiger charge is -2.27. The number of nitrogens with zero attached hydrogens (tertiary/aromatic N) is 2. The lowest BCUT2D eigenvalue weighted by molar-refractivity contribution is -0.141. The molecule has 0 bridgehead atoms. The van der Waals surface area contributed by atoms with Crippen molar-refractivity contribution in [3.8, 4) is 0 Å². The number of aromatic nitrogens is 2. The number of amides is 1. The molecule has 0 spiro atoms. The van der Waals surface area contributed by atoms with Gasteiger partial charge in [0.15, 0.2) is 5.69 Å². The first-order chi connectivity index (χ1) is 11.4. The van der Waals surface area contributed by atoms with Crippen LogP contribution in [0.4, 0.5) is 13.2 Å². The number of aliphatic hydroxyl groups is 1. The topological polar surface area (TPSA) is 69.2 Å². The van der Waals surface area contributed by atoms with Crippen molar-refractivity contribution in [1.82, 2.24) is 15.1 Å². The SMILES string of the molecule is O=C(c1cc(C(F)(F)F)[nH]n1)N1CC[C@](CO)(c2ccccc2)C1. The van der Waals surface area contributed by atoms with Gasteiger partial charge in [0, 0.05) is 24.6 Å². The molecule has 24 heavy (non-hydrogen) atoms. The zero-order valence-electron chi connectivity index (χ0n) is 12.7. The molecule has 1 aromatic heterocycles. The van der Waals surface area contributed by atoms with E-state index in [1.54, 1.807) is 0 Å². The van der Waals surface area contributed by atoms with Gasteiger partial charge in [-0.1, -0.05) is 30.3 Å². The van der Waals surface area contributed by atoms with Crippen LogP contribution in [0.15, 0.2) is 36.4 Å². The van der Waals surface area contributed by atoms with Crippen LogP contribution in [0.1, 0.15) is 28.2 Å². The van der Waals surface area contributed by atoms with E-state index in [-0.39, 0.29) is 18.8 Å². The highest BCUT2D eigenvalue weighted by Gasteiger charge is 2.42. The van der Waals surface area contributed by atoms with E-state index < -0.39 is 23.2 Å². The number of carbonyl (C=O) groups is 1. The maximum absolute atomic E-state index is 12.6. The lowest BCUT2D eigenvalue weighted by atomic mass is 9.80. The Morgan fingerprint density at radius 2 is 2.04 bits per heavy atom. The number of benzene rings is 1. The summed E-state index contributed by atoms with van der Waals surface area (Å²) in [6.07, 6.45) is -4.04. The van der Waals surface area contributed by atoms with Crippen molar-refractivity contribution < 1.29 is 23.1 Å². The van der Waals surface area contributed by atoms with Crippen molar-refractivity contribution >= 4 is 5.91 Å². The van der Waals surface area contributed by atoms with E-state index >= 15 is 0 Å². The summed E-state index contributed by atoms with van der Waals surface area (Å²) in [5, 5.41) is 15.2. The fraction of sp³-hybridized carbons (Fsp3) is 0.375. The van der Waals surface area contributed by atoms with Gasteiger partial charge in [-0.15, -0.1) is 0 Å². The number of rotatable bonds is 3. The normalized spacial score (nSPS) is 21.2. The molecule has 2 heterocycles. The number of hydrogen-bond donors (Lipinski definition) is 2. The maximum atomic E-state index is 12.6. The van der Waals surface area contributed by atoms with E-state index in [0.29, 0.717) is 19.0 Å². The predicted octanol–water partition coefficient (Wildman–Crippen LogP) is 2.20. The van der Waals surface area contributed by atoms with Gasteiger partial charge in [-0.2, -0.15) is 18.3 Å². The monoisotopic (exact) mass is 339 g/mol. The Balaban J connectivity index is 1.80. The van der Waals surface area contributed by atoms with Crippen LogP contribution in [0.3, 0.4) is 0 Å². The Morgan fingerprint density at radius 1 is 1.33 bits per heavy atom. The molecule has 3 rings (SSSR count). The number of likely N-dealkylation sites (tertiary alicyclic amines) is 1. The van der Waals surface area contributed by atoms with Crippen LogP contribution in [-0.2, 0) is 11.6 Å². The summed E-state index contributed by atoms with van der Waals surface area (Å²) in [4.78, 5) is 13.8. The standard InChI is InChI=1S/C16H16F3N3O2/c17-16(18,19)13-8-12(20-21-13)14(24)22-7-6-15(9-22,10-23)11-4-2-1-3-5-11/h1-5,8,23H,6-7,9-10H2,(H,20,21)/t15-/m0/s1. The Kier molecular flexibility index (Phi) is 4.08. The van der Waals surface area contributed by atoms with E-state index in [9.17, 15) is 23.1 Å². The number of nitrogens with one attached hydrogen (secondary N) is 1. The number of hydrogen-bond acceptors (Lipinski definition) is 3. The third-order valence-electron chi connectivity index (χ3n) is 4.43. The Labute approximate surface area is 136 Å². The van der Waals surface area contributed by atoms with Crippen molar-refractivity contribution in [2.45, 2.75) is 18.0 Å². The summed E-state index contributed by atoms with van der Waals surface area (Å²) in [5.74, 6) is -0.576. The number of aromatic amines is 1. The van der Waals surface area contributed by atoms with Crippen LogP contribution in [0.25, 0.3) is 0 Å².